The molecular formula is C23H14Cl3F3N2O2. The van der Waals surface area contributed by atoms with E-state index in [0.29, 0.717) is 5.56 Å². The van der Waals surface area contributed by atoms with Gasteiger partial charge in [0.25, 0.3) is 5.91 Å². The fourth-order valence-electron chi connectivity index (χ4n) is 3.17. The Hall–Kier alpha value is -2.92. The van der Waals surface area contributed by atoms with Crippen LogP contribution in [0.2, 0.25) is 15.1 Å². The van der Waals surface area contributed by atoms with Crippen LogP contribution in [0.25, 0.3) is 0 Å². The number of hydrogen-bond donors (Lipinski definition) is 2. The van der Waals surface area contributed by atoms with Crippen molar-refractivity contribution in [2.75, 3.05) is 5.32 Å². The van der Waals surface area contributed by atoms with E-state index in [1.54, 1.807) is 24.3 Å². The minimum atomic E-state index is -4.80. The summed E-state index contributed by atoms with van der Waals surface area (Å²) in [6.45, 7) is 1.82. The zero-order valence-electron chi connectivity index (χ0n) is 16.8. The van der Waals surface area contributed by atoms with E-state index in [1.165, 1.54) is 6.07 Å². The minimum Gasteiger partial charge on any atom is -0.505 e. The van der Waals surface area contributed by atoms with Gasteiger partial charge in [-0.15, -0.1) is 0 Å². The van der Waals surface area contributed by atoms with E-state index in [2.05, 4.69) is 5.32 Å². The van der Waals surface area contributed by atoms with Crippen LogP contribution in [0.1, 0.15) is 38.5 Å². The minimum absolute atomic E-state index is 0.120. The van der Waals surface area contributed by atoms with Crippen molar-refractivity contribution in [2.45, 2.75) is 19.0 Å². The van der Waals surface area contributed by atoms with E-state index >= 15 is 0 Å². The molecule has 3 rings (SSSR count). The molecule has 1 amide bonds. The molecule has 0 saturated carbocycles. The highest BCUT2D eigenvalue weighted by Gasteiger charge is 2.36. The Morgan fingerprint density at radius 1 is 1.06 bits per heavy atom. The number of alkyl halides is 3. The number of rotatable bonds is 4. The highest BCUT2D eigenvalue weighted by molar-refractivity contribution is 6.49. The summed E-state index contributed by atoms with van der Waals surface area (Å²) in [5, 5.41) is 21.3. The smallest absolute Gasteiger partial charge is 0.416 e. The molecule has 1 atom stereocenters. The molecule has 2 N–H and O–H groups in total. The number of nitrogens with one attached hydrogen (secondary N) is 1. The number of amides is 1. The van der Waals surface area contributed by atoms with Crippen LogP contribution in [0.3, 0.4) is 0 Å². The Morgan fingerprint density at radius 3 is 2.27 bits per heavy atom. The molecule has 0 fully saturated rings. The standard InChI is InChI=1S/C23H14Cl3F3N2O2/c1-11-2-4-12(5-3-11)16(10-30)14-7-6-13(8-17(14)23(27,28)29)31-22(33)15-9-18(24)19(25)20(26)21(15)32/h2-9,16,32H,1H3,(H,31,33). The van der Waals surface area contributed by atoms with Gasteiger partial charge in [-0.05, 0) is 36.2 Å². The SMILES string of the molecule is Cc1ccc(C(C#N)c2ccc(NC(=O)c3cc(Cl)c(Cl)c(Cl)c3O)cc2C(F)(F)F)cc1. The molecule has 4 nitrogen and oxygen atoms in total. The Balaban J connectivity index is 2.02. The van der Waals surface area contributed by atoms with Crippen molar-refractivity contribution in [1.82, 2.24) is 0 Å². The van der Waals surface area contributed by atoms with Crippen LogP contribution in [0, 0.1) is 18.3 Å². The molecule has 3 aromatic rings. The number of halogens is 6. The molecule has 0 spiro atoms. The molecule has 10 heteroatoms. The summed E-state index contributed by atoms with van der Waals surface area (Å²) >= 11 is 17.5. The van der Waals surface area contributed by atoms with Gasteiger partial charge in [0.15, 0.2) is 0 Å². The molecule has 170 valence electrons. The predicted octanol–water partition coefficient (Wildman–Crippen LogP) is 7.59. The number of aromatic hydroxyl groups is 1. The van der Waals surface area contributed by atoms with Gasteiger partial charge in [0, 0.05) is 5.69 Å². The third-order valence-corrected chi connectivity index (χ3v) is 6.10. The maximum Gasteiger partial charge on any atom is 0.416 e. The van der Waals surface area contributed by atoms with Crippen LogP contribution >= 0.6 is 34.8 Å². The second-order valence-corrected chi connectivity index (χ2v) is 8.27. The van der Waals surface area contributed by atoms with Gasteiger partial charge < -0.3 is 10.4 Å². The topological polar surface area (TPSA) is 73.1 Å². The van der Waals surface area contributed by atoms with Crippen LogP contribution in [0.5, 0.6) is 5.75 Å². The molecule has 0 aliphatic heterocycles. The summed E-state index contributed by atoms with van der Waals surface area (Å²) in [4.78, 5) is 12.6. The van der Waals surface area contributed by atoms with E-state index < -0.39 is 29.3 Å². The third-order valence-electron chi connectivity index (χ3n) is 4.85. The maximum absolute atomic E-state index is 13.9. The summed E-state index contributed by atoms with van der Waals surface area (Å²) in [6.07, 6.45) is -4.80. The van der Waals surface area contributed by atoms with Crippen molar-refractivity contribution in [3.63, 3.8) is 0 Å². The van der Waals surface area contributed by atoms with Gasteiger partial charge in [-0.2, -0.15) is 18.4 Å². The number of anilines is 1. The molecule has 33 heavy (non-hydrogen) atoms. The monoisotopic (exact) mass is 512 g/mol. The zero-order chi connectivity index (χ0) is 24.5. The lowest BCUT2D eigenvalue weighted by Crippen LogP contribution is -2.16. The zero-order valence-corrected chi connectivity index (χ0v) is 19.0. The highest BCUT2D eigenvalue weighted by atomic mass is 35.5. The Morgan fingerprint density at radius 2 is 1.70 bits per heavy atom. The fraction of sp³-hybridized carbons (Fsp3) is 0.130. The summed E-state index contributed by atoms with van der Waals surface area (Å²) in [6, 6.07) is 12.6. The highest BCUT2D eigenvalue weighted by Crippen LogP contribution is 2.41. The number of carbonyl (C=O) groups is 1. The van der Waals surface area contributed by atoms with E-state index in [-0.39, 0.29) is 31.9 Å². The Kier molecular flexibility index (Phi) is 7.13. The quantitative estimate of drug-likeness (QED) is 0.353. The number of aryl methyl sites for hydroxylation is 1. The third kappa shape index (κ3) is 5.19. The van der Waals surface area contributed by atoms with Crippen molar-refractivity contribution in [3.8, 4) is 11.8 Å². The Bertz CT molecular complexity index is 1270. The first-order valence-electron chi connectivity index (χ1n) is 9.29. The first-order chi connectivity index (χ1) is 15.4. The van der Waals surface area contributed by atoms with Crippen molar-refractivity contribution >= 4 is 46.4 Å². The molecule has 0 radical (unpaired) electrons. The summed E-state index contributed by atoms with van der Waals surface area (Å²) in [5.41, 5.74) is -0.619. The van der Waals surface area contributed by atoms with E-state index in [0.717, 1.165) is 23.8 Å². The number of phenolic OH excluding ortho intramolecular Hbond substituents is 1. The second-order valence-electron chi connectivity index (χ2n) is 7.11. The normalized spacial score (nSPS) is 12.2. The number of phenols is 1. The second kappa shape index (κ2) is 9.52. The van der Waals surface area contributed by atoms with Crippen LogP contribution in [0.15, 0.2) is 48.5 Å². The van der Waals surface area contributed by atoms with Crippen LogP contribution < -0.4 is 5.32 Å². The van der Waals surface area contributed by atoms with Crippen LogP contribution in [-0.2, 0) is 6.18 Å². The molecule has 1 unspecified atom stereocenters. The lowest BCUT2D eigenvalue weighted by Gasteiger charge is -2.19. The van der Waals surface area contributed by atoms with Gasteiger partial charge in [0.1, 0.15) is 10.8 Å². The molecule has 3 aromatic carbocycles. The van der Waals surface area contributed by atoms with Gasteiger partial charge in [-0.25, -0.2) is 0 Å². The summed E-state index contributed by atoms with van der Waals surface area (Å²) < 4.78 is 41.6. The molecular weight excluding hydrogens is 500 g/mol. The molecule has 0 bridgehead atoms. The number of nitriles is 1. The molecule has 0 saturated heterocycles. The van der Waals surface area contributed by atoms with Gasteiger partial charge >= 0.3 is 6.18 Å². The summed E-state index contributed by atoms with van der Waals surface area (Å²) in [7, 11) is 0. The fourth-order valence-corrected chi connectivity index (χ4v) is 3.77. The summed E-state index contributed by atoms with van der Waals surface area (Å²) in [5.74, 6) is -2.80. The molecule has 0 aromatic heterocycles. The van der Waals surface area contributed by atoms with Crippen molar-refractivity contribution in [2.24, 2.45) is 0 Å². The predicted molar refractivity (Wildman–Crippen MR) is 121 cm³/mol. The van der Waals surface area contributed by atoms with E-state index in [4.69, 9.17) is 34.8 Å². The first-order valence-corrected chi connectivity index (χ1v) is 10.4. The Labute approximate surface area is 202 Å². The average molecular weight is 514 g/mol. The lowest BCUT2D eigenvalue weighted by molar-refractivity contribution is -0.138. The number of benzene rings is 3. The average Bonchev–Trinajstić information content (AvgIpc) is 2.76. The van der Waals surface area contributed by atoms with Crippen molar-refractivity contribution in [3.05, 3.63) is 91.4 Å². The van der Waals surface area contributed by atoms with Crippen molar-refractivity contribution in [1.29, 1.82) is 5.26 Å². The lowest BCUT2D eigenvalue weighted by atomic mass is 9.88. The van der Waals surface area contributed by atoms with Crippen LogP contribution in [-0.4, -0.2) is 11.0 Å². The number of carbonyl (C=O) groups excluding carboxylic acids is 1. The molecule has 0 aliphatic rings. The van der Waals surface area contributed by atoms with Crippen molar-refractivity contribution < 1.29 is 23.1 Å². The van der Waals surface area contributed by atoms with Gasteiger partial charge in [0.2, 0.25) is 0 Å². The number of hydrogen-bond acceptors (Lipinski definition) is 3. The van der Waals surface area contributed by atoms with Gasteiger partial charge in [-0.3, -0.25) is 4.79 Å². The van der Waals surface area contributed by atoms with E-state index in [9.17, 15) is 28.3 Å². The van der Waals surface area contributed by atoms with E-state index in [1.807, 2.05) is 13.0 Å². The maximum atomic E-state index is 13.9. The number of nitrogens with zero attached hydrogens (tertiary/aromatic N) is 1. The van der Waals surface area contributed by atoms with Gasteiger partial charge in [0.05, 0.1) is 33.2 Å². The molecule has 0 aliphatic carbocycles. The largest absolute Gasteiger partial charge is 0.505 e. The van der Waals surface area contributed by atoms with Gasteiger partial charge in [-0.1, -0.05) is 70.7 Å². The first kappa shape index (κ1) is 24.7. The molecule has 0 heterocycles. The van der Waals surface area contributed by atoms with Crippen LogP contribution in [0.4, 0.5) is 18.9 Å².